The minimum Gasteiger partial charge on any atom is -0.484 e. The predicted octanol–water partition coefficient (Wildman–Crippen LogP) is 3.81. The summed E-state index contributed by atoms with van der Waals surface area (Å²) in [5.41, 5.74) is 1.34. The van der Waals surface area contributed by atoms with E-state index in [-0.39, 0.29) is 29.4 Å². The van der Waals surface area contributed by atoms with Crippen molar-refractivity contribution in [3.63, 3.8) is 0 Å². The maximum atomic E-state index is 13.1. The monoisotopic (exact) mass is 438 g/mol. The van der Waals surface area contributed by atoms with Gasteiger partial charge in [0.05, 0.1) is 17.1 Å². The molecule has 0 bridgehead atoms. The van der Waals surface area contributed by atoms with E-state index in [2.05, 4.69) is 15.5 Å². The first-order valence-corrected chi connectivity index (χ1v) is 10.7. The highest BCUT2D eigenvalue weighted by molar-refractivity contribution is 7.99. The molecule has 0 fully saturated rings. The summed E-state index contributed by atoms with van der Waals surface area (Å²) in [6.07, 6.45) is 0. The maximum absolute atomic E-state index is 13.1. The summed E-state index contributed by atoms with van der Waals surface area (Å²) in [7, 11) is 0. The Bertz CT molecular complexity index is 1130. The maximum Gasteiger partial charge on any atom is 0.277 e. The van der Waals surface area contributed by atoms with Crippen LogP contribution in [-0.4, -0.2) is 33.3 Å². The number of fused-ring (bicyclic) bond motifs is 1. The van der Waals surface area contributed by atoms with Crippen LogP contribution in [0.1, 0.15) is 25.3 Å². The number of aromatic nitrogens is 2. The number of carbonyl (C=O) groups is 2. The average molecular weight is 439 g/mol. The van der Waals surface area contributed by atoms with Crippen LogP contribution in [0.15, 0.2) is 58.2 Å². The SMILES string of the molecule is Cc1cccc(OCc2nnc(SCC(=O)N3c4ccccc4NC(=O)C3(C)C)o2)c1. The topological polar surface area (TPSA) is 97.6 Å². The molecule has 1 aliphatic rings. The van der Waals surface area contributed by atoms with E-state index in [1.807, 2.05) is 49.4 Å². The number of rotatable bonds is 6. The third-order valence-corrected chi connectivity index (χ3v) is 5.68. The van der Waals surface area contributed by atoms with E-state index in [4.69, 9.17) is 9.15 Å². The van der Waals surface area contributed by atoms with Crippen LogP contribution in [-0.2, 0) is 16.2 Å². The largest absolute Gasteiger partial charge is 0.484 e. The Labute approximate surface area is 184 Å². The molecular formula is C22H22N4O4S. The van der Waals surface area contributed by atoms with Gasteiger partial charge in [-0.1, -0.05) is 36.0 Å². The van der Waals surface area contributed by atoms with E-state index >= 15 is 0 Å². The Morgan fingerprint density at radius 3 is 2.81 bits per heavy atom. The fourth-order valence-corrected chi connectivity index (χ4v) is 3.92. The number of aryl methyl sites for hydroxylation is 1. The third-order valence-electron chi connectivity index (χ3n) is 4.88. The normalized spacial score (nSPS) is 14.7. The summed E-state index contributed by atoms with van der Waals surface area (Å²) < 4.78 is 11.2. The molecule has 0 atom stereocenters. The lowest BCUT2D eigenvalue weighted by Crippen LogP contribution is -2.58. The second-order valence-corrected chi connectivity index (χ2v) is 8.54. The molecule has 1 aliphatic heterocycles. The van der Waals surface area contributed by atoms with Crippen molar-refractivity contribution in [2.75, 3.05) is 16.0 Å². The summed E-state index contributed by atoms with van der Waals surface area (Å²) in [6.45, 7) is 5.55. The molecule has 8 nitrogen and oxygen atoms in total. The molecule has 0 radical (unpaired) electrons. The summed E-state index contributed by atoms with van der Waals surface area (Å²) in [5.74, 6) is 0.614. The molecular weight excluding hydrogens is 416 g/mol. The summed E-state index contributed by atoms with van der Waals surface area (Å²) in [5, 5.41) is 11.1. The van der Waals surface area contributed by atoms with Crippen molar-refractivity contribution in [2.24, 2.45) is 0 Å². The third kappa shape index (κ3) is 4.41. The van der Waals surface area contributed by atoms with Crippen molar-refractivity contribution < 1.29 is 18.7 Å². The second kappa shape index (κ2) is 8.43. The standard InChI is InChI=1S/C22H22N4O4S/c1-14-7-6-8-15(11-14)29-12-18-24-25-21(30-18)31-13-19(27)26-17-10-5-4-9-16(17)23-20(28)22(26,2)3/h4-11H,12-13H2,1-3H3,(H,23,28). The minimum absolute atomic E-state index is 0.0470. The van der Waals surface area contributed by atoms with Crippen molar-refractivity contribution in [1.82, 2.24) is 10.2 Å². The quantitative estimate of drug-likeness (QED) is 0.585. The zero-order chi connectivity index (χ0) is 22.0. The highest BCUT2D eigenvalue weighted by Gasteiger charge is 2.43. The molecule has 9 heteroatoms. The van der Waals surface area contributed by atoms with Crippen LogP contribution < -0.4 is 15.0 Å². The number of nitrogens with one attached hydrogen (secondary N) is 1. The Morgan fingerprint density at radius 2 is 2.00 bits per heavy atom. The second-order valence-electron chi connectivity index (χ2n) is 7.62. The van der Waals surface area contributed by atoms with Gasteiger partial charge in [0.1, 0.15) is 11.3 Å². The van der Waals surface area contributed by atoms with Crippen LogP contribution in [0, 0.1) is 6.92 Å². The van der Waals surface area contributed by atoms with Gasteiger partial charge in [0.25, 0.3) is 11.1 Å². The molecule has 2 heterocycles. The first-order chi connectivity index (χ1) is 14.8. The lowest BCUT2D eigenvalue weighted by molar-refractivity contribution is -0.125. The van der Waals surface area contributed by atoms with Crippen LogP contribution in [0.25, 0.3) is 0 Å². The predicted molar refractivity (Wildman–Crippen MR) is 117 cm³/mol. The number of hydrogen-bond donors (Lipinski definition) is 1. The molecule has 160 valence electrons. The number of benzene rings is 2. The van der Waals surface area contributed by atoms with Crippen LogP contribution in [0.3, 0.4) is 0 Å². The first-order valence-electron chi connectivity index (χ1n) is 9.73. The van der Waals surface area contributed by atoms with Gasteiger partial charge < -0.3 is 14.5 Å². The zero-order valence-electron chi connectivity index (χ0n) is 17.4. The van der Waals surface area contributed by atoms with Gasteiger partial charge in [-0.15, -0.1) is 10.2 Å². The number of carbonyl (C=O) groups excluding carboxylic acids is 2. The lowest BCUT2D eigenvalue weighted by atomic mass is 9.96. The van der Waals surface area contributed by atoms with Crippen molar-refractivity contribution >= 4 is 35.0 Å². The van der Waals surface area contributed by atoms with E-state index in [1.54, 1.807) is 19.9 Å². The molecule has 2 amide bonds. The number of amides is 2. The molecule has 31 heavy (non-hydrogen) atoms. The van der Waals surface area contributed by atoms with Gasteiger partial charge in [0.15, 0.2) is 6.61 Å². The smallest absolute Gasteiger partial charge is 0.277 e. The molecule has 4 rings (SSSR count). The first kappa shape index (κ1) is 20.9. The summed E-state index contributed by atoms with van der Waals surface area (Å²) in [4.78, 5) is 27.1. The van der Waals surface area contributed by atoms with Crippen molar-refractivity contribution in [3.05, 3.63) is 60.0 Å². The number of para-hydroxylation sites is 2. The van der Waals surface area contributed by atoms with Crippen molar-refractivity contribution in [3.8, 4) is 5.75 Å². The molecule has 0 spiro atoms. The molecule has 1 N–H and O–H groups in total. The van der Waals surface area contributed by atoms with E-state index < -0.39 is 5.54 Å². The minimum atomic E-state index is -1.02. The number of nitrogens with zero attached hydrogens (tertiary/aromatic N) is 3. The fourth-order valence-electron chi connectivity index (χ4n) is 3.29. The van der Waals surface area contributed by atoms with Crippen LogP contribution in [0.2, 0.25) is 0 Å². The number of hydrogen-bond acceptors (Lipinski definition) is 7. The highest BCUT2D eigenvalue weighted by Crippen LogP contribution is 2.37. The van der Waals surface area contributed by atoms with Gasteiger partial charge in [0.2, 0.25) is 11.8 Å². The molecule has 0 saturated heterocycles. The van der Waals surface area contributed by atoms with Crippen LogP contribution in [0.4, 0.5) is 11.4 Å². The molecule has 0 unspecified atom stereocenters. The molecule has 0 aliphatic carbocycles. The Hall–Kier alpha value is -3.33. The van der Waals surface area contributed by atoms with Gasteiger partial charge in [-0.2, -0.15) is 0 Å². The van der Waals surface area contributed by atoms with Gasteiger partial charge in [0, 0.05) is 0 Å². The molecule has 2 aromatic carbocycles. The Balaban J connectivity index is 1.40. The molecule has 0 saturated carbocycles. The van der Waals surface area contributed by atoms with Crippen molar-refractivity contribution in [2.45, 2.75) is 38.1 Å². The van der Waals surface area contributed by atoms with Gasteiger partial charge in [-0.25, -0.2) is 0 Å². The van der Waals surface area contributed by atoms with Gasteiger partial charge >= 0.3 is 0 Å². The number of anilines is 2. The molecule has 3 aromatic rings. The van der Waals surface area contributed by atoms with Crippen LogP contribution >= 0.6 is 11.8 Å². The summed E-state index contributed by atoms with van der Waals surface area (Å²) >= 11 is 1.13. The van der Waals surface area contributed by atoms with E-state index in [1.165, 1.54) is 4.90 Å². The van der Waals surface area contributed by atoms with Gasteiger partial charge in [-0.3, -0.25) is 14.5 Å². The Kier molecular flexibility index (Phi) is 5.69. The van der Waals surface area contributed by atoms with Gasteiger partial charge in [-0.05, 0) is 50.6 Å². The van der Waals surface area contributed by atoms with E-state index in [9.17, 15) is 9.59 Å². The molecule has 1 aromatic heterocycles. The van der Waals surface area contributed by atoms with E-state index in [0.717, 1.165) is 17.3 Å². The Morgan fingerprint density at radius 1 is 1.19 bits per heavy atom. The lowest BCUT2D eigenvalue weighted by Gasteiger charge is -2.42. The number of ether oxygens (including phenoxy) is 1. The van der Waals surface area contributed by atoms with Crippen molar-refractivity contribution in [1.29, 1.82) is 0 Å². The number of thioether (sulfide) groups is 1. The van der Waals surface area contributed by atoms with E-state index in [0.29, 0.717) is 23.0 Å². The fraction of sp³-hybridized carbons (Fsp3) is 0.273. The zero-order valence-corrected chi connectivity index (χ0v) is 18.2. The summed E-state index contributed by atoms with van der Waals surface area (Å²) in [6, 6.07) is 14.9. The van der Waals surface area contributed by atoms with Crippen LogP contribution in [0.5, 0.6) is 5.75 Å². The average Bonchev–Trinajstić information content (AvgIpc) is 3.19. The highest BCUT2D eigenvalue weighted by atomic mass is 32.2.